The van der Waals surface area contributed by atoms with Crippen LogP contribution < -0.4 is 5.32 Å². The second-order valence-corrected chi connectivity index (χ2v) is 6.70. The van der Waals surface area contributed by atoms with Gasteiger partial charge in [-0.3, -0.25) is 14.2 Å². The van der Waals surface area contributed by atoms with Gasteiger partial charge in [0.2, 0.25) is 5.91 Å². The Labute approximate surface area is 163 Å². The van der Waals surface area contributed by atoms with E-state index in [1.165, 1.54) is 10.7 Å². The predicted octanol–water partition coefficient (Wildman–Crippen LogP) is 4.32. The van der Waals surface area contributed by atoms with Gasteiger partial charge < -0.3 is 5.32 Å². The van der Waals surface area contributed by atoms with Crippen LogP contribution in [0.3, 0.4) is 0 Å². The van der Waals surface area contributed by atoms with Gasteiger partial charge in [0.05, 0.1) is 6.54 Å². The minimum atomic E-state index is -2.68. The van der Waals surface area contributed by atoms with Crippen LogP contribution >= 0.6 is 23.2 Å². The minimum absolute atomic E-state index is 0.186. The summed E-state index contributed by atoms with van der Waals surface area (Å²) < 4.78 is 28.2. The van der Waals surface area contributed by atoms with Crippen molar-refractivity contribution in [2.45, 2.75) is 26.4 Å². The minimum Gasteiger partial charge on any atom is -0.308 e. The second kappa shape index (κ2) is 8.06. The van der Waals surface area contributed by atoms with E-state index in [1.807, 2.05) is 0 Å². The number of benzene rings is 1. The maximum absolute atomic E-state index is 12.7. The molecule has 0 fully saturated rings. The molecule has 3 rings (SSSR count). The Kier molecular flexibility index (Phi) is 5.76. The lowest BCUT2D eigenvalue weighted by Crippen LogP contribution is -2.20. The summed E-state index contributed by atoms with van der Waals surface area (Å²) >= 11 is 12.0. The number of carbonyl (C=O) groups is 1. The SMILES string of the molecule is Cc1cc(C(F)F)nn1CC(=O)Nc1ccn(Cc2ccc(Cl)cc2Cl)n1. The van der Waals surface area contributed by atoms with E-state index in [-0.39, 0.29) is 12.2 Å². The van der Waals surface area contributed by atoms with Crippen LogP contribution in [0.4, 0.5) is 14.6 Å². The van der Waals surface area contributed by atoms with Gasteiger partial charge in [-0.1, -0.05) is 29.3 Å². The van der Waals surface area contributed by atoms with Gasteiger partial charge in [0, 0.05) is 28.0 Å². The highest BCUT2D eigenvalue weighted by Crippen LogP contribution is 2.22. The highest BCUT2D eigenvalue weighted by atomic mass is 35.5. The van der Waals surface area contributed by atoms with Crippen LogP contribution in [0.25, 0.3) is 0 Å². The van der Waals surface area contributed by atoms with Gasteiger partial charge in [-0.05, 0) is 30.7 Å². The zero-order valence-corrected chi connectivity index (χ0v) is 15.7. The Morgan fingerprint density at radius 2 is 2.00 bits per heavy atom. The van der Waals surface area contributed by atoms with E-state index in [0.29, 0.717) is 28.1 Å². The van der Waals surface area contributed by atoms with Crippen LogP contribution in [-0.2, 0) is 17.9 Å². The van der Waals surface area contributed by atoms with Gasteiger partial charge >= 0.3 is 0 Å². The maximum Gasteiger partial charge on any atom is 0.282 e. The summed E-state index contributed by atoms with van der Waals surface area (Å²) in [5, 5.41) is 11.6. The smallest absolute Gasteiger partial charge is 0.282 e. The molecule has 1 N–H and O–H groups in total. The molecule has 142 valence electrons. The first-order valence-corrected chi connectivity index (χ1v) is 8.67. The Hall–Kier alpha value is -2.45. The predicted molar refractivity (Wildman–Crippen MR) is 98.3 cm³/mol. The molecule has 6 nitrogen and oxygen atoms in total. The van der Waals surface area contributed by atoms with Gasteiger partial charge in [0.15, 0.2) is 5.82 Å². The summed E-state index contributed by atoms with van der Waals surface area (Å²) in [4.78, 5) is 12.1. The molecular formula is C17H15Cl2F2N5O. The highest BCUT2D eigenvalue weighted by molar-refractivity contribution is 6.35. The van der Waals surface area contributed by atoms with Gasteiger partial charge in [0.1, 0.15) is 12.2 Å². The first kappa shape index (κ1) is 19.3. The number of rotatable bonds is 6. The van der Waals surface area contributed by atoms with Gasteiger partial charge in [-0.2, -0.15) is 10.2 Å². The molecule has 0 bridgehead atoms. The maximum atomic E-state index is 12.7. The molecule has 0 saturated heterocycles. The number of anilines is 1. The summed E-state index contributed by atoms with van der Waals surface area (Å²) in [6.07, 6.45) is -0.988. The molecule has 0 aliphatic rings. The third kappa shape index (κ3) is 4.84. The van der Waals surface area contributed by atoms with Crippen LogP contribution in [0, 0.1) is 6.92 Å². The molecule has 0 radical (unpaired) electrons. The molecule has 0 saturated carbocycles. The number of alkyl halides is 2. The zero-order chi connectivity index (χ0) is 19.6. The largest absolute Gasteiger partial charge is 0.308 e. The molecule has 0 atom stereocenters. The van der Waals surface area contributed by atoms with Crippen molar-refractivity contribution in [2.24, 2.45) is 0 Å². The van der Waals surface area contributed by atoms with E-state index >= 15 is 0 Å². The van der Waals surface area contributed by atoms with Crippen molar-refractivity contribution in [1.29, 1.82) is 0 Å². The van der Waals surface area contributed by atoms with E-state index in [4.69, 9.17) is 23.2 Å². The molecule has 1 amide bonds. The monoisotopic (exact) mass is 413 g/mol. The van der Waals surface area contributed by atoms with Crippen LogP contribution in [-0.4, -0.2) is 25.5 Å². The van der Waals surface area contributed by atoms with E-state index in [9.17, 15) is 13.6 Å². The summed E-state index contributed by atoms with van der Waals surface area (Å²) in [5.74, 6) is -0.0826. The van der Waals surface area contributed by atoms with Gasteiger partial charge in [-0.25, -0.2) is 8.78 Å². The van der Waals surface area contributed by atoms with Crippen molar-refractivity contribution >= 4 is 34.9 Å². The topological polar surface area (TPSA) is 64.7 Å². The molecule has 1 aromatic carbocycles. The average molecular weight is 414 g/mol. The summed E-state index contributed by atoms with van der Waals surface area (Å²) in [7, 11) is 0. The number of hydrogen-bond acceptors (Lipinski definition) is 3. The number of aromatic nitrogens is 4. The third-order valence-corrected chi connectivity index (χ3v) is 4.36. The van der Waals surface area contributed by atoms with Gasteiger partial charge in [-0.15, -0.1) is 0 Å². The Morgan fingerprint density at radius 1 is 1.22 bits per heavy atom. The lowest BCUT2D eigenvalue weighted by atomic mass is 10.2. The van der Waals surface area contributed by atoms with Crippen LogP contribution in [0.1, 0.15) is 23.4 Å². The standard InChI is InChI=1S/C17H15Cl2F2N5O/c1-10-6-14(17(20)21)23-26(10)9-16(27)22-15-4-5-25(24-15)8-11-2-3-12(18)7-13(11)19/h2-7,17H,8-9H2,1H3,(H,22,24,27). The fraction of sp³-hybridized carbons (Fsp3) is 0.235. The molecule has 10 heteroatoms. The highest BCUT2D eigenvalue weighted by Gasteiger charge is 2.15. The summed E-state index contributed by atoms with van der Waals surface area (Å²) in [5.41, 5.74) is 0.946. The molecule has 2 heterocycles. The molecular weight excluding hydrogens is 399 g/mol. The van der Waals surface area contributed by atoms with E-state index in [2.05, 4.69) is 15.5 Å². The van der Waals surface area contributed by atoms with Crippen LogP contribution in [0.5, 0.6) is 0 Å². The summed E-state index contributed by atoms with van der Waals surface area (Å²) in [6.45, 7) is 1.83. The first-order chi connectivity index (χ1) is 12.8. The Balaban J connectivity index is 1.62. The van der Waals surface area contributed by atoms with Crippen molar-refractivity contribution in [2.75, 3.05) is 5.32 Å². The van der Waals surface area contributed by atoms with Crippen molar-refractivity contribution in [3.63, 3.8) is 0 Å². The average Bonchev–Trinajstić information content (AvgIpc) is 3.17. The number of hydrogen-bond donors (Lipinski definition) is 1. The van der Waals surface area contributed by atoms with Gasteiger partial charge in [0.25, 0.3) is 6.43 Å². The number of carbonyl (C=O) groups excluding carboxylic acids is 1. The third-order valence-electron chi connectivity index (χ3n) is 3.77. The molecule has 2 aromatic heterocycles. The Morgan fingerprint density at radius 3 is 2.67 bits per heavy atom. The normalized spacial score (nSPS) is 11.2. The lowest BCUT2D eigenvalue weighted by Gasteiger charge is -2.06. The van der Waals surface area contributed by atoms with E-state index in [0.717, 1.165) is 5.56 Å². The molecule has 0 aliphatic heterocycles. The fourth-order valence-electron chi connectivity index (χ4n) is 2.46. The molecule has 0 aliphatic carbocycles. The molecule has 27 heavy (non-hydrogen) atoms. The quantitative estimate of drug-likeness (QED) is 0.654. The molecule has 0 unspecified atom stereocenters. The van der Waals surface area contributed by atoms with Crippen LogP contribution in [0.15, 0.2) is 36.5 Å². The number of nitrogens with zero attached hydrogens (tertiary/aromatic N) is 4. The molecule has 0 spiro atoms. The van der Waals surface area contributed by atoms with Crippen LogP contribution in [0.2, 0.25) is 10.0 Å². The van der Waals surface area contributed by atoms with Crippen molar-refractivity contribution in [3.8, 4) is 0 Å². The number of nitrogens with one attached hydrogen (secondary N) is 1. The first-order valence-electron chi connectivity index (χ1n) is 7.91. The number of halogens is 4. The molecule has 3 aromatic rings. The van der Waals surface area contributed by atoms with E-state index in [1.54, 1.807) is 42.1 Å². The zero-order valence-electron chi connectivity index (χ0n) is 14.2. The second-order valence-electron chi connectivity index (χ2n) is 5.85. The summed E-state index contributed by atoms with van der Waals surface area (Å²) in [6, 6.07) is 8.05. The number of amides is 1. The van der Waals surface area contributed by atoms with Crippen molar-refractivity contribution in [3.05, 3.63) is 63.5 Å². The lowest BCUT2D eigenvalue weighted by molar-refractivity contribution is -0.117. The number of aryl methyl sites for hydroxylation is 1. The fourth-order valence-corrected chi connectivity index (χ4v) is 2.93. The Bertz CT molecular complexity index is 970. The van der Waals surface area contributed by atoms with Crippen molar-refractivity contribution in [1.82, 2.24) is 19.6 Å². The van der Waals surface area contributed by atoms with E-state index < -0.39 is 12.3 Å². The van der Waals surface area contributed by atoms with Crippen molar-refractivity contribution < 1.29 is 13.6 Å².